The van der Waals surface area contributed by atoms with Crippen LogP contribution in [-0.2, 0) is 44.3 Å². The van der Waals surface area contributed by atoms with Gasteiger partial charge in [0.2, 0.25) is 0 Å². The molecule has 3 unspecified atom stereocenters. The van der Waals surface area contributed by atoms with Gasteiger partial charge in [-0.1, -0.05) is 202 Å². The first-order valence-corrected chi connectivity index (χ1v) is 31.6. The molecule has 3 atom stereocenters. The lowest BCUT2D eigenvalue weighted by Gasteiger charge is -2.49. The Morgan fingerprint density at radius 3 is 1.72 bits per heavy atom. The fourth-order valence-corrected chi connectivity index (χ4v) is 17.2. The number of rotatable bonds is 6. The van der Waals surface area contributed by atoms with E-state index in [0.29, 0.717) is 5.92 Å². The zero-order chi connectivity index (χ0) is 57.4. The lowest BCUT2D eigenvalue weighted by atomic mass is 9.33. The smallest absolute Gasteiger partial charge is 0.252 e. The number of benzene rings is 7. The van der Waals surface area contributed by atoms with E-state index in [4.69, 9.17) is 0 Å². The van der Waals surface area contributed by atoms with E-state index in [1.165, 1.54) is 158 Å². The highest BCUT2D eigenvalue weighted by Crippen LogP contribution is 2.66. The van der Waals surface area contributed by atoms with E-state index >= 15 is 0 Å². The lowest BCUT2D eigenvalue weighted by Crippen LogP contribution is -2.62. The standard InChI is InChI=1S/C78H93BN2/c1-49-41-68-70-69(42-49)81(65-34-28-52(71(2,3)4)44-56(65)51-23-19-18-20-24-51)66-43-50(25-31-57-55-30-27-53(72(5,6)7)45-59(55)78(17)36-22-21-35-77(57,78)16)26-33-63(66)79(70)64-47-61-62(76(14,15)40-39-75(61,12)13)48-67(64)80(68)54-29-32-58-60(46-54)74(10,11)38-37-73(58,8)9/h18-20,23-24,26-30,32-34,41-48,57H,21-22,25,31,35-40H2,1-17H3. The Morgan fingerprint density at radius 1 is 0.469 bits per heavy atom. The largest absolute Gasteiger partial charge is 0.311 e. The van der Waals surface area contributed by atoms with Crippen LogP contribution in [0.4, 0.5) is 34.1 Å². The van der Waals surface area contributed by atoms with Gasteiger partial charge in [0.15, 0.2) is 0 Å². The Bertz CT molecular complexity index is 3700. The molecule has 1 saturated carbocycles. The molecule has 0 amide bonds. The van der Waals surface area contributed by atoms with Gasteiger partial charge in [-0.05, 0) is 234 Å². The van der Waals surface area contributed by atoms with Crippen LogP contribution in [0, 0.1) is 12.3 Å². The van der Waals surface area contributed by atoms with Crippen LogP contribution in [-0.4, -0.2) is 6.71 Å². The molecule has 6 aliphatic rings. The third kappa shape index (κ3) is 8.35. The van der Waals surface area contributed by atoms with Crippen LogP contribution in [0.2, 0.25) is 0 Å². The molecule has 7 aromatic rings. The van der Waals surface area contributed by atoms with Crippen LogP contribution in [0.3, 0.4) is 0 Å². The first-order valence-electron chi connectivity index (χ1n) is 31.6. The van der Waals surface area contributed by atoms with Gasteiger partial charge in [-0.3, -0.25) is 0 Å². The van der Waals surface area contributed by atoms with E-state index in [2.05, 4.69) is 255 Å². The molecule has 2 aliphatic heterocycles. The summed E-state index contributed by atoms with van der Waals surface area (Å²) in [6, 6.07) is 52.3. The second-order valence-corrected chi connectivity index (χ2v) is 31.9. The zero-order valence-corrected chi connectivity index (χ0v) is 52.7. The van der Waals surface area contributed by atoms with Crippen LogP contribution in [0.15, 0.2) is 127 Å². The molecule has 4 aliphatic carbocycles. The minimum atomic E-state index is -0.0226. The molecule has 7 aromatic carbocycles. The van der Waals surface area contributed by atoms with Crippen LogP contribution in [0.1, 0.15) is 230 Å². The lowest BCUT2D eigenvalue weighted by molar-refractivity contribution is 0.0763. The number of hydrogen-bond acceptors (Lipinski definition) is 2. The van der Waals surface area contributed by atoms with E-state index in [-0.39, 0.29) is 50.0 Å². The van der Waals surface area contributed by atoms with E-state index in [1.807, 2.05) is 0 Å². The minimum Gasteiger partial charge on any atom is -0.311 e. The number of hydrogen-bond donors (Lipinski definition) is 0. The van der Waals surface area contributed by atoms with Crippen molar-refractivity contribution in [3.63, 3.8) is 0 Å². The van der Waals surface area contributed by atoms with Crippen molar-refractivity contribution < 1.29 is 0 Å². The van der Waals surface area contributed by atoms with Gasteiger partial charge in [0.1, 0.15) is 0 Å². The maximum atomic E-state index is 2.74. The first kappa shape index (κ1) is 54.5. The third-order valence-electron chi connectivity index (χ3n) is 22.8. The second-order valence-electron chi connectivity index (χ2n) is 31.9. The number of aryl methyl sites for hydroxylation is 2. The molecule has 3 heteroatoms. The number of anilines is 6. The van der Waals surface area contributed by atoms with Gasteiger partial charge in [0.25, 0.3) is 6.71 Å². The summed E-state index contributed by atoms with van der Waals surface area (Å²) in [4.78, 5) is 5.47. The molecule has 2 nitrogen and oxygen atoms in total. The maximum Gasteiger partial charge on any atom is 0.252 e. The molecule has 0 radical (unpaired) electrons. The summed E-state index contributed by atoms with van der Waals surface area (Å²) in [5.74, 6) is 0.509. The maximum absolute atomic E-state index is 2.74. The molecule has 0 spiro atoms. The molecule has 418 valence electrons. The Kier molecular flexibility index (Phi) is 12.2. The van der Waals surface area contributed by atoms with Gasteiger partial charge in [0, 0.05) is 34.0 Å². The van der Waals surface area contributed by atoms with Crippen LogP contribution in [0.5, 0.6) is 0 Å². The van der Waals surface area contributed by atoms with Crippen molar-refractivity contribution in [2.45, 2.75) is 226 Å². The van der Waals surface area contributed by atoms with Gasteiger partial charge in [0.05, 0.1) is 5.69 Å². The average molecular weight is 1070 g/mol. The predicted octanol–water partition coefficient (Wildman–Crippen LogP) is 19.6. The summed E-state index contributed by atoms with van der Waals surface area (Å²) in [5, 5.41) is 0. The summed E-state index contributed by atoms with van der Waals surface area (Å²) in [7, 11) is 0. The minimum absolute atomic E-state index is 0.0226. The van der Waals surface area contributed by atoms with Gasteiger partial charge >= 0.3 is 0 Å². The summed E-state index contributed by atoms with van der Waals surface area (Å²) in [6.45, 7) is 41.9. The van der Waals surface area contributed by atoms with Crippen molar-refractivity contribution in [2.75, 3.05) is 9.80 Å². The van der Waals surface area contributed by atoms with Crippen molar-refractivity contribution in [1.82, 2.24) is 0 Å². The predicted molar refractivity (Wildman–Crippen MR) is 350 cm³/mol. The SMILES string of the molecule is Cc1cc2c3c(c1)N(c1ccc(C(C)(C)C)cc1-c1ccccc1)c1cc(CCC4c5ccc(C(C)(C)C)cc5C5(C)CCCCC45C)ccc1B3c1cc3c(cc1N2c1ccc2c(c1)C(C)(C)CCC2(C)C)C(C)(C)CCC3(C)C. The fourth-order valence-electron chi connectivity index (χ4n) is 17.2. The topological polar surface area (TPSA) is 6.48 Å². The Morgan fingerprint density at radius 2 is 1.05 bits per heavy atom. The highest BCUT2D eigenvalue weighted by Gasteiger charge is 2.58. The quantitative estimate of drug-likeness (QED) is 0.153. The number of nitrogens with zero attached hydrogens (tertiary/aromatic N) is 2. The molecular formula is C78H93BN2. The Labute approximate surface area is 489 Å². The molecule has 13 rings (SSSR count). The van der Waals surface area contributed by atoms with Crippen LogP contribution < -0.4 is 26.2 Å². The molecule has 81 heavy (non-hydrogen) atoms. The normalized spacial score (nSPS) is 23.4. The van der Waals surface area contributed by atoms with Gasteiger partial charge in [-0.25, -0.2) is 0 Å². The second kappa shape index (κ2) is 18.1. The van der Waals surface area contributed by atoms with E-state index in [1.54, 1.807) is 11.1 Å². The molecule has 0 saturated heterocycles. The molecule has 0 aromatic heterocycles. The Hall–Kier alpha value is -5.80. The summed E-state index contributed by atoms with van der Waals surface area (Å²) in [5.41, 5.74) is 30.3. The zero-order valence-electron chi connectivity index (χ0n) is 52.7. The molecule has 0 N–H and O–H groups in total. The van der Waals surface area contributed by atoms with E-state index < -0.39 is 0 Å². The van der Waals surface area contributed by atoms with Gasteiger partial charge < -0.3 is 9.80 Å². The van der Waals surface area contributed by atoms with Gasteiger partial charge in [-0.2, -0.15) is 0 Å². The highest BCUT2D eigenvalue weighted by atomic mass is 15.2. The summed E-state index contributed by atoms with van der Waals surface area (Å²) in [6.07, 6.45) is 12.2. The summed E-state index contributed by atoms with van der Waals surface area (Å²) < 4.78 is 0. The average Bonchev–Trinajstić information content (AvgIpc) is 3.24. The number of fused-ring (bicyclic) bond motifs is 9. The Balaban J connectivity index is 1.06. The van der Waals surface area contributed by atoms with E-state index in [9.17, 15) is 0 Å². The van der Waals surface area contributed by atoms with Crippen molar-refractivity contribution in [3.05, 3.63) is 183 Å². The monoisotopic (exact) mass is 1070 g/mol. The molecule has 0 bridgehead atoms. The third-order valence-corrected chi connectivity index (χ3v) is 22.8. The van der Waals surface area contributed by atoms with Gasteiger partial charge in [-0.15, -0.1) is 0 Å². The molecule has 1 fully saturated rings. The van der Waals surface area contributed by atoms with E-state index in [0.717, 1.165) is 12.8 Å². The fraction of sp³-hybridized carbons (Fsp3) is 0.462. The molecule has 2 heterocycles. The molecular weight excluding hydrogens is 976 g/mol. The van der Waals surface area contributed by atoms with Crippen molar-refractivity contribution in [1.29, 1.82) is 0 Å². The van der Waals surface area contributed by atoms with Crippen molar-refractivity contribution in [3.8, 4) is 11.1 Å². The first-order chi connectivity index (χ1) is 38.0. The van der Waals surface area contributed by atoms with Crippen LogP contribution in [0.25, 0.3) is 11.1 Å². The van der Waals surface area contributed by atoms with Crippen molar-refractivity contribution >= 4 is 57.2 Å². The van der Waals surface area contributed by atoms with Crippen molar-refractivity contribution in [2.24, 2.45) is 5.41 Å². The summed E-state index contributed by atoms with van der Waals surface area (Å²) >= 11 is 0. The highest BCUT2D eigenvalue weighted by molar-refractivity contribution is 7.00. The van der Waals surface area contributed by atoms with Crippen LogP contribution >= 0.6 is 0 Å².